The molecule has 0 saturated carbocycles. The van der Waals surface area contributed by atoms with Crippen molar-refractivity contribution in [3.8, 4) is 16.9 Å². The number of rotatable bonds is 13. The van der Waals surface area contributed by atoms with E-state index in [-0.39, 0.29) is 11.4 Å². The van der Waals surface area contributed by atoms with Gasteiger partial charge in [-0.1, -0.05) is 0 Å². The summed E-state index contributed by atoms with van der Waals surface area (Å²) in [6, 6.07) is 6.98. The zero-order valence-electron chi connectivity index (χ0n) is 19.8. The van der Waals surface area contributed by atoms with Crippen molar-refractivity contribution in [1.29, 1.82) is 0 Å². The number of aromatic nitrogens is 1. The van der Waals surface area contributed by atoms with Crippen molar-refractivity contribution in [3.05, 3.63) is 46.8 Å². The molecule has 2 rings (SSSR count). The Kier molecular flexibility index (Phi) is 10.8. The lowest BCUT2D eigenvalue weighted by atomic mass is 9.95. The van der Waals surface area contributed by atoms with Gasteiger partial charge in [-0.3, -0.25) is 0 Å². The predicted molar refractivity (Wildman–Crippen MR) is 121 cm³/mol. The van der Waals surface area contributed by atoms with Gasteiger partial charge in [0.1, 0.15) is 23.7 Å². The topological polar surface area (TPSA) is 102 Å². The van der Waals surface area contributed by atoms with Crippen LogP contribution >= 0.6 is 0 Å². The number of aryl methyl sites for hydroxylation is 2. The first-order valence-electron chi connectivity index (χ1n) is 10.5. The summed E-state index contributed by atoms with van der Waals surface area (Å²) in [5.41, 5.74) is 3.40. The van der Waals surface area contributed by atoms with Crippen molar-refractivity contribution in [1.82, 2.24) is 4.98 Å². The first-order chi connectivity index (χ1) is 15.9. The van der Waals surface area contributed by atoms with Gasteiger partial charge < -0.3 is 28.4 Å². The summed E-state index contributed by atoms with van der Waals surface area (Å²) in [5.74, 6) is -0.577. The van der Waals surface area contributed by atoms with Crippen molar-refractivity contribution < 1.29 is 38.0 Å². The minimum Gasteiger partial charge on any atom is -0.491 e. The first kappa shape index (κ1) is 26.2. The number of nitrogens with zero attached hydrogens (tertiary/aromatic N) is 1. The van der Waals surface area contributed by atoms with Crippen LogP contribution in [0.5, 0.6) is 5.75 Å². The van der Waals surface area contributed by atoms with E-state index in [1.165, 1.54) is 14.2 Å². The summed E-state index contributed by atoms with van der Waals surface area (Å²) in [6.45, 7) is 6.78. The van der Waals surface area contributed by atoms with E-state index < -0.39 is 11.9 Å². The molecule has 0 saturated heterocycles. The van der Waals surface area contributed by atoms with E-state index in [1.54, 1.807) is 19.2 Å². The normalized spacial score (nSPS) is 10.7. The van der Waals surface area contributed by atoms with Crippen molar-refractivity contribution in [2.75, 3.05) is 61.0 Å². The summed E-state index contributed by atoms with van der Waals surface area (Å²) < 4.78 is 31.1. The molecule has 0 spiro atoms. The number of benzene rings is 1. The third kappa shape index (κ3) is 7.81. The van der Waals surface area contributed by atoms with Crippen LogP contribution in [0.3, 0.4) is 0 Å². The molecule has 1 heterocycles. The van der Waals surface area contributed by atoms with Crippen LogP contribution < -0.4 is 4.74 Å². The second-order valence-corrected chi connectivity index (χ2v) is 7.11. The van der Waals surface area contributed by atoms with E-state index in [0.717, 1.165) is 16.7 Å². The summed E-state index contributed by atoms with van der Waals surface area (Å²) in [6.07, 6.45) is 0. The molecule has 0 atom stereocenters. The maximum absolute atomic E-state index is 12.1. The van der Waals surface area contributed by atoms with Crippen molar-refractivity contribution in [3.63, 3.8) is 0 Å². The van der Waals surface area contributed by atoms with Crippen LogP contribution in [0.25, 0.3) is 11.1 Å². The minimum atomic E-state index is -0.638. The van der Waals surface area contributed by atoms with Gasteiger partial charge in [-0.05, 0) is 60.4 Å². The number of ether oxygens (including phenoxy) is 6. The lowest BCUT2D eigenvalue weighted by molar-refractivity contribution is 0.0179. The highest BCUT2D eigenvalue weighted by Crippen LogP contribution is 2.32. The van der Waals surface area contributed by atoms with Crippen molar-refractivity contribution in [2.45, 2.75) is 13.8 Å². The summed E-state index contributed by atoms with van der Waals surface area (Å²) in [5, 5.41) is 0. The number of esters is 2. The highest BCUT2D eigenvalue weighted by Gasteiger charge is 2.18. The Hall–Kier alpha value is -3.01. The molecule has 33 heavy (non-hydrogen) atoms. The van der Waals surface area contributed by atoms with E-state index in [9.17, 15) is 9.59 Å². The van der Waals surface area contributed by atoms with Gasteiger partial charge in [-0.25, -0.2) is 14.6 Å². The Morgan fingerprint density at radius 1 is 0.727 bits per heavy atom. The third-order valence-corrected chi connectivity index (χ3v) is 4.71. The van der Waals surface area contributed by atoms with Crippen LogP contribution in [-0.4, -0.2) is 77.9 Å². The molecule has 0 bridgehead atoms. The summed E-state index contributed by atoms with van der Waals surface area (Å²) in [4.78, 5) is 28.2. The molecule has 0 fully saturated rings. The number of hydrogen-bond acceptors (Lipinski definition) is 9. The van der Waals surface area contributed by atoms with Crippen LogP contribution in [0.1, 0.15) is 32.1 Å². The highest BCUT2D eigenvalue weighted by atomic mass is 16.6. The van der Waals surface area contributed by atoms with Gasteiger partial charge >= 0.3 is 11.9 Å². The Morgan fingerprint density at radius 3 is 1.70 bits per heavy atom. The molecular formula is C24H31NO8. The number of carbonyl (C=O) groups excluding carboxylic acids is 2. The van der Waals surface area contributed by atoms with E-state index in [4.69, 9.17) is 28.4 Å². The number of carbonyl (C=O) groups is 2. The lowest BCUT2D eigenvalue weighted by Gasteiger charge is -2.15. The van der Waals surface area contributed by atoms with E-state index in [0.29, 0.717) is 51.0 Å². The summed E-state index contributed by atoms with van der Waals surface area (Å²) in [7, 11) is 4.15. The SMILES string of the molecule is COCCOCCOCCOc1cc(C)c(-c2cc(C(=O)OC)nc(C(=O)OC)c2)c(C)c1. The molecule has 0 amide bonds. The molecule has 180 valence electrons. The van der Waals surface area contributed by atoms with Crippen LogP contribution in [0.4, 0.5) is 0 Å². The maximum Gasteiger partial charge on any atom is 0.356 e. The molecule has 0 radical (unpaired) electrons. The van der Waals surface area contributed by atoms with E-state index >= 15 is 0 Å². The largest absolute Gasteiger partial charge is 0.491 e. The van der Waals surface area contributed by atoms with Gasteiger partial charge in [0.15, 0.2) is 0 Å². The van der Waals surface area contributed by atoms with E-state index in [1.807, 2.05) is 26.0 Å². The molecular weight excluding hydrogens is 430 g/mol. The number of hydrogen-bond donors (Lipinski definition) is 0. The van der Waals surface area contributed by atoms with Crippen molar-refractivity contribution >= 4 is 11.9 Å². The van der Waals surface area contributed by atoms with Crippen LogP contribution in [0, 0.1) is 13.8 Å². The average molecular weight is 462 g/mol. The molecule has 9 heteroatoms. The smallest absolute Gasteiger partial charge is 0.356 e. The summed E-state index contributed by atoms with van der Waals surface area (Å²) >= 11 is 0. The minimum absolute atomic E-state index is 0.0258. The second-order valence-electron chi connectivity index (χ2n) is 7.11. The third-order valence-electron chi connectivity index (χ3n) is 4.71. The van der Waals surface area contributed by atoms with Gasteiger partial charge in [0.2, 0.25) is 0 Å². The fourth-order valence-electron chi connectivity index (χ4n) is 3.24. The van der Waals surface area contributed by atoms with Crippen LogP contribution in [0.2, 0.25) is 0 Å². The van der Waals surface area contributed by atoms with Gasteiger partial charge in [0, 0.05) is 7.11 Å². The lowest BCUT2D eigenvalue weighted by Crippen LogP contribution is -2.12. The predicted octanol–water partition coefficient (Wildman–Crippen LogP) is 3.00. The van der Waals surface area contributed by atoms with Gasteiger partial charge in [-0.15, -0.1) is 0 Å². The molecule has 1 aromatic heterocycles. The van der Waals surface area contributed by atoms with E-state index in [2.05, 4.69) is 4.98 Å². The molecule has 0 aliphatic rings. The second kappa shape index (κ2) is 13.5. The number of methoxy groups -OCH3 is 3. The van der Waals surface area contributed by atoms with Gasteiger partial charge in [-0.2, -0.15) is 0 Å². The number of pyridine rings is 1. The monoisotopic (exact) mass is 461 g/mol. The molecule has 1 aromatic carbocycles. The standard InChI is InChI=1S/C24H31NO8/c1-16-12-19(33-11-10-32-9-8-31-7-6-28-3)13-17(2)22(16)18-14-20(23(26)29-4)25-21(15-18)24(27)30-5/h12-15H,6-11H2,1-5H3. The maximum atomic E-state index is 12.1. The molecule has 0 N–H and O–H groups in total. The molecule has 9 nitrogen and oxygen atoms in total. The van der Waals surface area contributed by atoms with Gasteiger partial charge in [0.05, 0.1) is 47.3 Å². The zero-order valence-corrected chi connectivity index (χ0v) is 19.8. The first-order valence-corrected chi connectivity index (χ1v) is 10.5. The Morgan fingerprint density at radius 2 is 1.21 bits per heavy atom. The van der Waals surface area contributed by atoms with Crippen molar-refractivity contribution in [2.24, 2.45) is 0 Å². The molecule has 0 aliphatic heterocycles. The fraction of sp³-hybridized carbons (Fsp3) is 0.458. The fourth-order valence-corrected chi connectivity index (χ4v) is 3.24. The quantitative estimate of drug-likeness (QED) is 0.329. The highest BCUT2D eigenvalue weighted by molar-refractivity contribution is 5.94. The average Bonchev–Trinajstić information content (AvgIpc) is 2.81. The molecule has 2 aromatic rings. The van der Waals surface area contributed by atoms with Crippen LogP contribution in [0.15, 0.2) is 24.3 Å². The van der Waals surface area contributed by atoms with Gasteiger partial charge in [0.25, 0.3) is 0 Å². The molecule has 0 aliphatic carbocycles. The molecule has 0 unspecified atom stereocenters. The Bertz CT molecular complexity index is 887. The Balaban J connectivity index is 2.09. The Labute approximate surface area is 193 Å². The zero-order chi connectivity index (χ0) is 24.2. The van der Waals surface area contributed by atoms with Crippen LogP contribution in [-0.2, 0) is 23.7 Å².